The second-order valence-corrected chi connectivity index (χ2v) is 7.23. The maximum atomic E-state index is 11.8. The van der Waals surface area contributed by atoms with Crippen LogP contribution in [0.25, 0.3) is 10.4 Å². The lowest BCUT2D eigenvalue weighted by Gasteiger charge is -2.27. The molecule has 0 aliphatic carbocycles. The molecule has 3 nitrogen and oxygen atoms in total. The Morgan fingerprint density at radius 3 is 1.89 bits per heavy atom. The van der Waals surface area contributed by atoms with Gasteiger partial charge in [0.15, 0.2) is 5.60 Å². The molecule has 1 heterocycles. The zero-order chi connectivity index (χ0) is 18.7. The number of benzene rings is 3. The summed E-state index contributed by atoms with van der Waals surface area (Å²) in [6.45, 7) is 0. The van der Waals surface area contributed by atoms with Crippen molar-refractivity contribution in [3.8, 4) is 16.2 Å². The van der Waals surface area contributed by atoms with Crippen molar-refractivity contribution in [3.05, 3.63) is 107 Å². The lowest BCUT2D eigenvalue weighted by atomic mass is 9.87. The highest BCUT2D eigenvalue weighted by Gasteiger charge is 2.36. The fourth-order valence-electron chi connectivity index (χ4n) is 3.10. The molecule has 0 spiro atoms. The van der Waals surface area contributed by atoms with Crippen molar-refractivity contribution in [1.29, 1.82) is 0 Å². The zero-order valence-corrected chi connectivity index (χ0v) is 15.7. The molecule has 4 aromatic rings. The van der Waals surface area contributed by atoms with Gasteiger partial charge in [-0.3, -0.25) is 0 Å². The highest BCUT2D eigenvalue weighted by molar-refractivity contribution is 7.15. The van der Waals surface area contributed by atoms with E-state index in [9.17, 15) is 5.11 Å². The molecule has 0 unspecified atom stereocenters. The Bertz CT molecular complexity index is 972. The number of hydrogen-bond donors (Lipinski definition) is 1. The van der Waals surface area contributed by atoms with Crippen LogP contribution in [0.2, 0.25) is 0 Å². The van der Waals surface area contributed by atoms with Crippen LogP contribution in [0.15, 0.2) is 91.1 Å². The molecule has 0 aliphatic rings. The summed E-state index contributed by atoms with van der Waals surface area (Å²) in [6.07, 6.45) is 1.82. The Kier molecular flexibility index (Phi) is 4.75. The van der Waals surface area contributed by atoms with Crippen molar-refractivity contribution in [2.75, 3.05) is 7.11 Å². The molecule has 0 atom stereocenters. The second kappa shape index (κ2) is 7.35. The first-order valence-corrected chi connectivity index (χ1v) is 9.47. The third-order valence-corrected chi connectivity index (χ3v) is 5.73. The third-order valence-electron chi connectivity index (χ3n) is 4.57. The molecule has 1 N–H and O–H groups in total. The summed E-state index contributed by atoms with van der Waals surface area (Å²) in [5.74, 6) is 0.813. The quantitative estimate of drug-likeness (QED) is 0.529. The molecule has 0 saturated heterocycles. The maximum Gasteiger partial charge on any atom is 0.166 e. The number of nitrogens with zero attached hydrogens (tertiary/aromatic N) is 1. The van der Waals surface area contributed by atoms with Crippen molar-refractivity contribution in [3.63, 3.8) is 0 Å². The summed E-state index contributed by atoms with van der Waals surface area (Å²) in [4.78, 5) is 5.60. The number of rotatable bonds is 5. The maximum absolute atomic E-state index is 11.8. The van der Waals surface area contributed by atoms with Crippen LogP contribution in [0, 0.1) is 0 Å². The van der Waals surface area contributed by atoms with Gasteiger partial charge in [0.05, 0.1) is 12.0 Å². The highest BCUT2D eigenvalue weighted by atomic mass is 32.1. The van der Waals surface area contributed by atoms with E-state index >= 15 is 0 Å². The number of hydrogen-bond acceptors (Lipinski definition) is 4. The summed E-state index contributed by atoms with van der Waals surface area (Å²) < 4.78 is 5.23. The Labute approximate surface area is 162 Å². The van der Waals surface area contributed by atoms with Crippen molar-refractivity contribution < 1.29 is 9.84 Å². The normalized spacial score (nSPS) is 11.3. The molecule has 0 amide bonds. The van der Waals surface area contributed by atoms with E-state index < -0.39 is 5.60 Å². The van der Waals surface area contributed by atoms with Crippen LogP contribution in [0.5, 0.6) is 5.75 Å². The third kappa shape index (κ3) is 3.25. The number of ether oxygens (including phenoxy) is 1. The zero-order valence-electron chi connectivity index (χ0n) is 14.9. The minimum absolute atomic E-state index is 0.644. The van der Waals surface area contributed by atoms with Crippen molar-refractivity contribution in [1.82, 2.24) is 4.98 Å². The van der Waals surface area contributed by atoms with E-state index in [0.717, 1.165) is 27.3 Å². The molecule has 0 aliphatic heterocycles. The molecular formula is C23H19NO2S. The molecule has 4 heteroatoms. The lowest BCUT2D eigenvalue weighted by Crippen LogP contribution is -2.28. The van der Waals surface area contributed by atoms with Gasteiger partial charge in [0.1, 0.15) is 10.8 Å². The van der Waals surface area contributed by atoms with Gasteiger partial charge in [-0.25, -0.2) is 4.98 Å². The van der Waals surface area contributed by atoms with Gasteiger partial charge in [-0.15, -0.1) is 11.3 Å². The van der Waals surface area contributed by atoms with E-state index in [4.69, 9.17) is 4.74 Å². The number of methoxy groups -OCH3 is 1. The van der Waals surface area contributed by atoms with E-state index in [2.05, 4.69) is 4.98 Å². The van der Waals surface area contributed by atoms with E-state index in [1.165, 1.54) is 11.3 Å². The van der Waals surface area contributed by atoms with Crippen molar-refractivity contribution in [2.24, 2.45) is 0 Å². The van der Waals surface area contributed by atoms with Crippen LogP contribution >= 0.6 is 11.3 Å². The average Bonchev–Trinajstić information content (AvgIpc) is 3.25. The van der Waals surface area contributed by atoms with E-state index in [1.807, 2.05) is 91.1 Å². The first-order valence-electron chi connectivity index (χ1n) is 8.66. The van der Waals surface area contributed by atoms with Gasteiger partial charge in [-0.05, 0) is 41.0 Å². The number of thiazole rings is 1. The Hall–Kier alpha value is -2.95. The van der Waals surface area contributed by atoms with E-state index in [1.54, 1.807) is 7.11 Å². The summed E-state index contributed by atoms with van der Waals surface area (Å²) in [6, 6.07) is 27.2. The van der Waals surface area contributed by atoms with Gasteiger partial charge in [-0.2, -0.15) is 0 Å². The predicted molar refractivity (Wildman–Crippen MR) is 109 cm³/mol. The second-order valence-electron chi connectivity index (χ2n) is 6.20. The average molecular weight is 373 g/mol. The molecule has 134 valence electrons. The highest BCUT2D eigenvalue weighted by Crippen LogP contribution is 2.40. The van der Waals surface area contributed by atoms with Crippen LogP contribution < -0.4 is 4.74 Å². The van der Waals surface area contributed by atoms with E-state index in [-0.39, 0.29) is 0 Å². The van der Waals surface area contributed by atoms with Gasteiger partial charge in [0.25, 0.3) is 0 Å². The molecule has 0 radical (unpaired) electrons. The Morgan fingerprint density at radius 1 is 0.815 bits per heavy atom. The summed E-state index contributed by atoms with van der Waals surface area (Å²) >= 11 is 1.49. The van der Waals surface area contributed by atoms with Crippen LogP contribution in [0.3, 0.4) is 0 Å². The van der Waals surface area contributed by atoms with Gasteiger partial charge in [0.2, 0.25) is 0 Å². The smallest absolute Gasteiger partial charge is 0.166 e. The summed E-state index contributed by atoms with van der Waals surface area (Å²) in [5, 5.41) is 12.4. The fourth-order valence-corrected chi connectivity index (χ4v) is 4.16. The molecule has 0 bridgehead atoms. The van der Waals surface area contributed by atoms with Crippen molar-refractivity contribution >= 4 is 11.3 Å². The lowest BCUT2D eigenvalue weighted by molar-refractivity contribution is 0.125. The first kappa shape index (κ1) is 17.5. The van der Waals surface area contributed by atoms with Gasteiger partial charge in [0, 0.05) is 6.20 Å². The summed E-state index contributed by atoms with van der Waals surface area (Å²) in [5.41, 5.74) is 1.35. The van der Waals surface area contributed by atoms with Crippen LogP contribution in [-0.4, -0.2) is 17.2 Å². The first-order chi connectivity index (χ1) is 13.2. The minimum atomic E-state index is -1.29. The minimum Gasteiger partial charge on any atom is -0.497 e. The monoisotopic (exact) mass is 373 g/mol. The van der Waals surface area contributed by atoms with Crippen molar-refractivity contribution in [2.45, 2.75) is 5.60 Å². The van der Waals surface area contributed by atoms with Gasteiger partial charge >= 0.3 is 0 Å². The molecular weight excluding hydrogens is 354 g/mol. The van der Waals surface area contributed by atoms with Crippen LogP contribution in [0.4, 0.5) is 0 Å². The molecule has 0 fully saturated rings. The van der Waals surface area contributed by atoms with Crippen LogP contribution in [-0.2, 0) is 5.60 Å². The van der Waals surface area contributed by atoms with Gasteiger partial charge < -0.3 is 9.84 Å². The SMILES string of the molecule is COc1ccc(-c2cnc(C(O)(c3ccccc3)c3ccccc3)s2)cc1. The largest absolute Gasteiger partial charge is 0.497 e. The number of aliphatic hydroxyl groups is 1. The van der Waals surface area contributed by atoms with Gasteiger partial charge in [-0.1, -0.05) is 60.7 Å². The fraction of sp³-hybridized carbons (Fsp3) is 0.0870. The van der Waals surface area contributed by atoms with Crippen LogP contribution in [0.1, 0.15) is 16.1 Å². The van der Waals surface area contributed by atoms with E-state index in [0.29, 0.717) is 5.01 Å². The predicted octanol–water partition coefficient (Wildman–Crippen LogP) is 5.10. The topological polar surface area (TPSA) is 42.4 Å². The Balaban J connectivity index is 1.81. The molecule has 27 heavy (non-hydrogen) atoms. The molecule has 0 saturated carbocycles. The standard InChI is InChI=1S/C23H19NO2S/c1-26-20-14-12-17(13-15-20)21-16-24-22(27-21)23(25,18-8-4-2-5-9-18)19-10-6-3-7-11-19/h2-16,25H,1H3. The summed E-state index contributed by atoms with van der Waals surface area (Å²) in [7, 11) is 1.65. The Morgan fingerprint density at radius 2 is 1.37 bits per heavy atom. The molecule has 1 aromatic heterocycles. The molecule has 3 aromatic carbocycles. The molecule has 4 rings (SSSR count). The number of aromatic nitrogens is 1.